The molecule has 0 aliphatic carbocycles. The molecule has 5 heteroatoms. The van der Waals surface area contributed by atoms with Crippen LogP contribution in [0.15, 0.2) is 16.6 Å². The van der Waals surface area contributed by atoms with Gasteiger partial charge in [-0.2, -0.15) is 0 Å². The third kappa shape index (κ3) is 2.57. The van der Waals surface area contributed by atoms with E-state index in [1.54, 1.807) is 19.1 Å². The van der Waals surface area contributed by atoms with Crippen LogP contribution in [0.5, 0.6) is 0 Å². The van der Waals surface area contributed by atoms with Gasteiger partial charge in [-0.15, -0.1) is 0 Å². The van der Waals surface area contributed by atoms with E-state index in [0.717, 1.165) is 19.4 Å². The van der Waals surface area contributed by atoms with Gasteiger partial charge in [0.15, 0.2) is 0 Å². The van der Waals surface area contributed by atoms with Crippen molar-refractivity contribution < 1.29 is 9.50 Å². The van der Waals surface area contributed by atoms with Gasteiger partial charge in [-0.3, -0.25) is 0 Å². The number of rotatable bonds is 2. The lowest BCUT2D eigenvalue weighted by Gasteiger charge is -2.36. The molecule has 0 bridgehead atoms. The van der Waals surface area contributed by atoms with Gasteiger partial charge in [0.2, 0.25) is 0 Å². The third-order valence-electron chi connectivity index (χ3n) is 3.67. The zero-order valence-corrected chi connectivity index (χ0v) is 12.5. The topological polar surface area (TPSA) is 32.3 Å². The van der Waals surface area contributed by atoms with Gasteiger partial charge in [0.1, 0.15) is 5.82 Å². The van der Waals surface area contributed by atoms with Crippen molar-refractivity contribution in [1.29, 1.82) is 0 Å². The molecule has 2 nitrogen and oxygen atoms in total. The van der Waals surface area contributed by atoms with Crippen LogP contribution in [0.25, 0.3) is 0 Å². The van der Waals surface area contributed by atoms with Crippen molar-refractivity contribution in [3.05, 3.63) is 33.0 Å². The average Bonchev–Trinajstić information content (AvgIpc) is 2.37. The van der Waals surface area contributed by atoms with E-state index >= 15 is 0 Å². The van der Waals surface area contributed by atoms with Crippen molar-refractivity contribution in [3.8, 4) is 0 Å². The van der Waals surface area contributed by atoms with E-state index in [2.05, 4.69) is 21.2 Å². The molecular weight excluding hydrogens is 321 g/mol. The first-order chi connectivity index (χ1) is 8.44. The second-order valence-electron chi connectivity index (χ2n) is 4.91. The Hall–Kier alpha value is -0.160. The minimum atomic E-state index is -1.21. The van der Waals surface area contributed by atoms with Crippen LogP contribution in [0, 0.1) is 11.7 Å². The van der Waals surface area contributed by atoms with Crippen molar-refractivity contribution in [1.82, 2.24) is 5.32 Å². The molecule has 1 saturated heterocycles. The Morgan fingerprint density at radius 3 is 2.89 bits per heavy atom. The molecule has 2 unspecified atom stereocenters. The van der Waals surface area contributed by atoms with E-state index in [4.69, 9.17) is 11.6 Å². The van der Waals surface area contributed by atoms with Crippen LogP contribution >= 0.6 is 27.5 Å². The van der Waals surface area contributed by atoms with E-state index in [1.807, 2.05) is 0 Å². The fraction of sp³-hybridized carbons (Fsp3) is 0.538. The van der Waals surface area contributed by atoms with Crippen molar-refractivity contribution in [2.75, 3.05) is 13.1 Å². The molecule has 18 heavy (non-hydrogen) atoms. The van der Waals surface area contributed by atoms with Gasteiger partial charge >= 0.3 is 0 Å². The summed E-state index contributed by atoms with van der Waals surface area (Å²) in [7, 11) is 0. The highest BCUT2D eigenvalue weighted by atomic mass is 79.9. The molecule has 1 heterocycles. The summed E-state index contributed by atoms with van der Waals surface area (Å²) < 4.78 is 14.7. The highest BCUT2D eigenvalue weighted by molar-refractivity contribution is 9.10. The van der Waals surface area contributed by atoms with Crippen LogP contribution in [0.4, 0.5) is 4.39 Å². The molecule has 0 spiro atoms. The summed E-state index contributed by atoms with van der Waals surface area (Å²) in [6.07, 6.45) is 1.87. The predicted octanol–water partition coefficient (Wildman–Crippen LogP) is 3.45. The number of benzene rings is 1. The molecule has 0 saturated carbocycles. The smallest absolute Gasteiger partial charge is 0.149 e. The summed E-state index contributed by atoms with van der Waals surface area (Å²) in [5, 5.41) is 13.9. The highest BCUT2D eigenvalue weighted by Gasteiger charge is 2.37. The summed E-state index contributed by atoms with van der Waals surface area (Å²) in [6, 6.07) is 3.27. The predicted molar refractivity (Wildman–Crippen MR) is 74.3 cm³/mol. The van der Waals surface area contributed by atoms with Crippen LogP contribution in [0.2, 0.25) is 5.02 Å². The summed E-state index contributed by atoms with van der Waals surface area (Å²) >= 11 is 9.06. The van der Waals surface area contributed by atoms with E-state index in [-0.39, 0.29) is 16.5 Å². The molecule has 2 atom stereocenters. The standard InChI is InChI=1S/C13H16BrClFNO/c1-13(18,8-3-2-6-17-7-8)9-4-5-10(14)11(15)12(9)16/h4-5,8,17-18H,2-3,6-7H2,1H3. The fourth-order valence-corrected chi connectivity index (χ4v) is 2.94. The maximum absolute atomic E-state index is 14.2. The van der Waals surface area contributed by atoms with Crippen molar-refractivity contribution in [2.45, 2.75) is 25.4 Å². The quantitative estimate of drug-likeness (QED) is 0.811. The van der Waals surface area contributed by atoms with Crippen molar-refractivity contribution >= 4 is 27.5 Å². The maximum Gasteiger partial charge on any atom is 0.149 e. The van der Waals surface area contributed by atoms with Crippen LogP contribution in [-0.2, 0) is 5.60 Å². The fourth-order valence-electron chi connectivity index (χ4n) is 2.47. The number of hydrogen-bond donors (Lipinski definition) is 2. The Bertz CT molecular complexity index is 447. The Morgan fingerprint density at radius 2 is 2.28 bits per heavy atom. The SMILES string of the molecule is CC(O)(c1ccc(Br)c(Cl)c1F)C1CCCNC1. The lowest BCUT2D eigenvalue weighted by Crippen LogP contribution is -2.42. The molecule has 0 radical (unpaired) electrons. The Kier molecular flexibility index (Phi) is 4.32. The Balaban J connectivity index is 2.37. The Labute approximate surface area is 120 Å². The summed E-state index contributed by atoms with van der Waals surface area (Å²) in [5.41, 5.74) is -0.939. The van der Waals surface area contributed by atoms with Gasteiger partial charge in [0.05, 0.1) is 10.6 Å². The molecule has 2 N–H and O–H groups in total. The van der Waals surface area contributed by atoms with Gasteiger partial charge < -0.3 is 10.4 Å². The van der Waals surface area contributed by atoms with E-state index < -0.39 is 11.4 Å². The summed E-state index contributed by atoms with van der Waals surface area (Å²) in [4.78, 5) is 0. The van der Waals surface area contributed by atoms with E-state index in [1.165, 1.54) is 0 Å². The normalized spacial score (nSPS) is 23.7. The zero-order valence-electron chi connectivity index (χ0n) is 10.1. The minimum absolute atomic E-state index is 0.00186. The van der Waals surface area contributed by atoms with Crippen LogP contribution in [0.3, 0.4) is 0 Å². The first kappa shape index (κ1) is 14.3. The number of aliphatic hydroxyl groups is 1. The lowest BCUT2D eigenvalue weighted by molar-refractivity contribution is -0.0185. The first-order valence-corrected chi connectivity index (χ1v) is 7.18. The molecule has 100 valence electrons. The Morgan fingerprint density at radius 1 is 1.56 bits per heavy atom. The number of hydrogen-bond acceptors (Lipinski definition) is 2. The molecular formula is C13H16BrClFNO. The molecule has 1 aliphatic heterocycles. The summed E-state index contributed by atoms with van der Waals surface area (Å²) in [5.74, 6) is -0.542. The second kappa shape index (κ2) is 5.45. The van der Waals surface area contributed by atoms with Crippen LogP contribution in [0.1, 0.15) is 25.3 Å². The molecule has 1 aromatic rings. The van der Waals surface area contributed by atoms with Gasteiger partial charge in [-0.25, -0.2) is 4.39 Å². The van der Waals surface area contributed by atoms with Gasteiger partial charge in [-0.1, -0.05) is 17.7 Å². The molecule has 1 aliphatic rings. The minimum Gasteiger partial charge on any atom is -0.385 e. The lowest BCUT2D eigenvalue weighted by atomic mass is 9.78. The zero-order chi connectivity index (χ0) is 13.3. The molecule has 0 aromatic heterocycles. The van der Waals surface area contributed by atoms with E-state index in [0.29, 0.717) is 11.0 Å². The van der Waals surface area contributed by atoms with Gasteiger partial charge in [0.25, 0.3) is 0 Å². The molecule has 1 fully saturated rings. The van der Waals surface area contributed by atoms with Gasteiger partial charge in [-0.05, 0) is 48.3 Å². The average molecular weight is 337 g/mol. The van der Waals surface area contributed by atoms with Crippen molar-refractivity contribution in [3.63, 3.8) is 0 Å². The number of piperidine rings is 1. The van der Waals surface area contributed by atoms with Gasteiger partial charge in [0, 0.05) is 22.5 Å². The van der Waals surface area contributed by atoms with E-state index in [9.17, 15) is 9.50 Å². The second-order valence-corrected chi connectivity index (χ2v) is 6.15. The van der Waals surface area contributed by atoms with Crippen molar-refractivity contribution in [2.24, 2.45) is 5.92 Å². The molecule has 1 aromatic carbocycles. The highest BCUT2D eigenvalue weighted by Crippen LogP contribution is 2.38. The first-order valence-electron chi connectivity index (χ1n) is 6.01. The number of nitrogens with one attached hydrogen (secondary N) is 1. The largest absolute Gasteiger partial charge is 0.385 e. The number of halogens is 3. The third-order valence-corrected chi connectivity index (χ3v) is 4.93. The van der Waals surface area contributed by atoms with Crippen LogP contribution in [-0.4, -0.2) is 18.2 Å². The molecule has 2 rings (SSSR count). The molecule has 0 amide bonds. The monoisotopic (exact) mass is 335 g/mol. The van der Waals surface area contributed by atoms with Crippen LogP contribution < -0.4 is 5.32 Å². The summed E-state index contributed by atoms with van der Waals surface area (Å²) in [6.45, 7) is 3.31. The maximum atomic E-state index is 14.2.